The zero-order valence-corrected chi connectivity index (χ0v) is 18.8. The molecule has 2 aromatic carbocycles. The highest BCUT2D eigenvalue weighted by Gasteiger charge is 2.33. The van der Waals surface area contributed by atoms with Gasteiger partial charge in [-0.05, 0) is 55.0 Å². The smallest absolute Gasteiger partial charge is 0.231 e. The van der Waals surface area contributed by atoms with Gasteiger partial charge in [-0.1, -0.05) is 0 Å². The monoisotopic (exact) mass is 444 g/mol. The summed E-state index contributed by atoms with van der Waals surface area (Å²) in [6.45, 7) is 3.82. The van der Waals surface area contributed by atoms with E-state index in [1.807, 2.05) is 31.2 Å². The van der Waals surface area contributed by atoms with Crippen molar-refractivity contribution in [2.75, 3.05) is 21.0 Å². The van der Waals surface area contributed by atoms with Crippen LogP contribution in [0, 0.1) is 6.92 Å². The van der Waals surface area contributed by atoms with E-state index in [0.717, 1.165) is 29.0 Å². The van der Waals surface area contributed by atoms with Crippen LogP contribution in [0.3, 0.4) is 0 Å². The predicted octanol–water partition coefficient (Wildman–Crippen LogP) is 4.38. The highest BCUT2D eigenvalue weighted by atomic mass is 16.5. The number of pyridine rings is 1. The van der Waals surface area contributed by atoms with Crippen LogP contribution in [0.15, 0.2) is 54.6 Å². The van der Waals surface area contributed by atoms with Crippen molar-refractivity contribution in [1.82, 2.24) is 9.88 Å². The van der Waals surface area contributed by atoms with E-state index in [2.05, 4.69) is 9.88 Å². The third kappa shape index (κ3) is 3.91. The summed E-state index contributed by atoms with van der Waals surface area (Å²) in [6.07, 6.45) is 5.26. The summed E-state index contributed by atoms with van der Waals surface area (Å²) in [4.78, 5) is 19.5. The van der Waals surface area contributed by atoms with Crippen molar-refractivity contribution >= 4 is 11.9 Å². The van der Waals surface area contributed by atoms with Crippen molar-refractivity contribution in [3.63, 3.8) is 0 Å². The molecule has 3 aromatic rings. The molecule has 0 spiro atoms. The minimum absolute atomic E-state index is 0.160. The predicted molar refractivity (Wildman–Crippen MR) is 123 cm³/mol. The van der Waals surface area contributed by atoms with Gasteiger partial charge in [0.2, 0.25) is 5.78 Å². The summed E-state index contributed by atoms with van der Waals surface area (Å²) in [5.41, 5.74) is 4.22. The molecular formula is C26H24N2O5. The largest absolute Gasteiger partial charge is 0.497 e. The van der Waals surface area contributed by atoms with Crippen LogP contribution in [0.4, 0.5) is 0 Å². The van der Waals surface area contributed by atoms with Crippen LogP contribution in [-0.4, -0.2) is 36.6 Å². The molecule has 2 aliphatic rings. The van der Waals surface area contributed by atoms with Crippen LogP contribution >= 0.6 is 0 Å². The number of benzene rings is 2. The lowest BCUT2D eigenvalue weighted by Gasteiger charge is -2.30. The second-order valence-corrected chi connectivity index (χ2v) is 8.03. The molecule has 168 valence electrons. The maximum atomic E-state index is 13.2. The van der Waals surface area contributed by atoms with Crippen LogP contribution in [0.1, 0.15) is 32.6 Å². The quantitative estimate of drug-likeness (QED) is 0.541. The van der Waals surface area contributed by atoms with Gasteiger partial charge in [-0.3, -0.25) is 14.7 Å². The number of methoxy groups -OCH3 is 2. The third-order valence-corrected chi connectivity index (χ3v) is 5.88. The molecule has 0 radical (unpaired) electrons. The summed E-state index contributed by atoms with van der Waals surface area (Å²) in [5, 5.41) is 0. The Labute approximate surface area is 192 Å². The summed E-state index contributed by atoms with van der Waals surface area (Å²) in [6, 6.07) is 11.3. The molecule has 5 rings (SSSR count). The fraction of sp³-hybridized carbons (Fsp3) is 0.231. The number of hydrogen-bond donors (Lipinski definition) is 0. The van der Waals surface area contributed by atoms with E-state index in [1.54, 1.807) is 44.8 Å². The molecule has 1 aromatic heterocycles. The van der Waals surface area contributed by atoms with Gasteiger partial charge < -0.3 is 18.9 Å². The molecule has 0 unspecified atom stereocenters. The second-order valence-electron chi connectivity index (χ2n) is 8.03. The van der Waals surface area contributed by atoms with Gasteiger partial charge in [0.15, 0.2) is 5.76 Å². The molecule has 0 amide bonds. The minimum Gasteiger partial charge on any atom is -0.497 e. The van der Waals surface area contributed by atoms with Gasteiger partial charge in [0, 0.05) is 42.2 Å². The van der Waals surface area contributed by atoms with Gasteiger partial charge in [0.25, 0.3) is 0 Å². The first-order valence-electron chi connectivity index (χ1n) is 10.6. The van der Waals surface area contributed by atoms with E-state index in [9.17, 15) is 4.79 Å². The number of Topliss-reactive ketones (excluding diaryl/α,β-unsaturated/α-hetero) is 1. The molecule has 2 aliphatic heterocycles. The molecule has 0 saturated heterocycles. The number of nitrogens with zero attached hydrogens (tertiary/aromatic N) is 2. The number of fused-ring (bicyclic) bond motifs is 2. The Morgan fingerprint density at radius 3 is 2.67 bits per heavy atom. The zero-order chi connectivity index (χ0) is 22.9. The van der Waals surface area contributed by atoms with Crippen LogP contribution in [-0.2, 0) is 13.1 Å². The average Bonchev–Trinajstić information content (AvgIpc) is 3.15. The highest BCUT2D eigenvalue weighted by Crippen LogP contribution is 2.43. The summed E-state index contributed by atoms with van der Waals surface area (Å²) >= 11 is 0. The Morgan fingerprint density at radius 2 is 1.91 bits per heavy atom. The molecule has 0 atom stereocenters. The fourth-order valence-corrected chi connectivity index (χ4v) is 4.24. The Hall–Kier alpha value is -3.84. The molecule has 0 aliphatic carbocycles. The first-order valence-corrected chi connectivity index (χ1v) is 10.6. The van der Waals surface area contributed by atoms with Gasteiger partial charge in [0.05, 0.1) is 19.8 Å². The van der Waals surface area contributed by atoms with Crippen LogP contribution in [0.2, 0.25) is 0 Å². The number of carbonyl (C=O) groups is 1. The van der Waals surface area contributed by atoms with E-state index < -0.39 is 0 Å². The highest BCUT2D eigenvalue weighted by molar-refractivity contribution is 6.15. The van der Waals surface area contributed by atoms with Crippen molar-refractivity contribution in [1.29, 1.82) is 0 Å². The van der Waals surface area contributed by atoms with Crippen molar-refractivity contribution in [2.24, 2.45) is 0 Å². The number of ketones is 1. The molecule has 0 saturated carbocycles. The van der Waals surface area contributed by atoms with Crippen LogP contribution in [0.25, 0.3) is 6.08 Å². The SMILES string of the molecule is COc1ccc(OC)c(/C=C2\Oc3c(cc4c(c3C)OCN(Cc3ccncc3)C4)C2=O)c1. The number of aromatic nitrogens is 1. The third-order valence-electron chi connectivity index (χ3n) is 5.88. The Balaban J connectivity index is 1.45. The molecular weight excluding hydrogens is 420 g/mol. The van der Waals surface area contributed by atoms with Crippen LogP contribution < -0.4 is 18.9 Å². The first kappa shape index (κ1) is 21.0. The van der Waals surface area contributed by atoms with E-state index >= 15 is 0 Å². The Bertz CT molecular complexity index is 1250. The summed E-state index contributed by atoms with van der Waals surface area (Å²) in [5.74, 6) is 2.71. The molecule has 33 heavy (non-hydrogen) atoms. The summed E-state index contributed by atoms with van der Waals surface area (Å²) in [7, 11) is 3.18. The number of allylic oxidation sites excluding steroid dienone is 1. The molecule has 0 bridgehead atoms. The van der Waals surface area contributed by atoms with Gasteiger partial charge in [0.1, 0.15) is 29.7 Å². The van der Waals surface area contributed by atoms with E-state index in [-0.39, 0.29) is 11.5 Å². The van der Waals surface area contributed by atoms with Crippen molar-refractivity contribution in [2.45, 2.75) is 20.0 Å². The van der Waals surface area contributed by atoms with Gasteiger partial charge >= 0.3 is 0 Å². The average molecular weight is 444 g/mol. The molecule has 0 N–H and O–H groups in total. The number of carbonyl (C=O) groups excluding carboxylic acids is 1. The van der Waals surface area contributed by atoms with Crippen molar-refractivity contribution in [3.8, 4) is 23.0 Å². The minimum atomic E-state index is -0.160. The maximum Gasteiger partial charge on any atom is 0.231 e. The maximum absolute atomic E-state index is 13.2. The molecule has 7 nitrogen and oxygen atoms in total. The lowest BCUT2D eigenvalue weighted by Crippen LogP contribution is -2.32. The van der Waals surface area contributed by atoms with E-state index in [4.69, 9.17) is 18.9 Å². The Kier molecular flexibility index (Phi) is 5.48. The zero-order valence-electron chi connectivity index (χ0n) is 18.8. The molecule has 0 fully saturated rings. The lowest BCUT2D eigenvalue weighted by molar-refractivity contribution is 0.0876. The van der Waals surface area contributed by atoms with Crippen molar-refractivity contribution in [3.05, 3.63) is 82.4 Å². The topological polar surface area (TPSA) is 70.1 Å². The summed E-state index contributed by atoms with van der Waals surface area (Å²) < 4.78 is 22.9. The van der Waals surface area contributed by atoms with Crippen LogP contribution in [0.5, 0.6) is 23.0 Å². The standard InChI is InChI=1S/C26H24N2O5/c1-16-25-19(14-28(15-32-25)13-17-6-8-27-9-7-17)11-21-24(29)23(33-26(16)21)12-18-10-20(30-2)4-5-22(18)31-3/h4-12H,13-15H2,1-3H3/b23-12-. The number of ether oxygens (including phenoxy) is 4. The normalized spacial score (nSPS) is 16.1. The van der Waals surface area contributed by atoms with Gasteiger partial charge in [-0.15, -0.1) is 0 Å². The van der Waals surface area contributed by atoms with Crippen molar-refractivity contribution < 1.29 is 23.7 Å². The first-order chi connectivity index (χ1) is 16.1. The Morgan fingerprint density at radius 1 is 1.09 bits per heavy atom. The van der Waals surface area contributed by atoms with E-state index in [1.165, 1.54) is 0 Å². The number of hydrogen-bond acceptors (Lipinski definition) is 7. The van der Waals surface area contributed by atoms with E-state index in [0.29, 0.717) is 41.7 Å². The molecule has 3 heterocycles. The lowest BCUT2D eigenvalue weighted by atomic mass is 9.99. The fourth-order valence-electron chi connectivity index (χ4n) is 4.24. The second kappa shape index (κ2) is 8.60. The van der Waals surface area contributed by atoms with Gasteiger partial charge in [-0.25, -0.2) is 0 Å². The van der Waals surface area contributed by atoms with Gasteiger partial charge in [-0.2, -0.15) is 0 Å². The number of rotatable bonds is 5. The molecule has 7 heteroatoms.